The normalized spacial score (nSPS) is 10.6. The molecule has 0 saturated heterocycles. The van der Waals surface area contributed by atoms with E-state index in [-0.39, 0.29) is 0 Å². The van der Waals surface area contributed by atoms with Crippen LogP contribution in [0.1, 0.15) is 17.8 Å². The summed E-state index contributed by atoms with van der Waals surface area (Å²) in [7, 11) is 2.03. The lowest BCUT2D eigenvalue weighted by molar-refractivity contribution is 0.739. The van der Waals surface area contributed by atoms with Crippen LogP contribution in [0.2, 0.25) is 0 Å². The van der Waals surface area contributed by atoms with Crippen LogP contribution < -0.4 is 0 Å². The van der Waals surface area contributed by atoms with Crippen LogP contribution in [0.15, 0.2) is 25.0 Å². The minimum absolute atomic E-state index is 1.05. The van der Waals surface area contributed by atoms with E-state index in [1.54, 1.807) is 6.33 Å². The second-order valence-corrected chi connectivity index (χ2v) is 3.43. The molecular weight excluding hydrogens is 176 g/mol. The number of aryl methyl sites for hydroxylation is 3. The molecule has 0 saturated carbocycles. The second kappa shape index (κ2) is 4.09. The third kappa shape index (κ3) is 2.02. The minimum atomic E-state index is 1.05. The van der Waals surface area contributed by atoms with Crippen LogP contribution in [-0.4, -0.2) is 19.5 Å². The third-order valence-corrected chi connectivity index (χ3v) is 2.35. The van der Waals surface area contributed by atoms with Crippen LogP contribution >= 0.6 is 0 Å². The summed E-state index contributed by atoms with van der Waals surface area (Å²) in [5.74, 6) is 0. The van der Waals surface area contributed by atoms with Gasteiger partial charge in [-0.2, -0.15) is 0 Å². The van der Waals surface area contributed by atoms with E-state index in [0.717, 1.165) is 19.3 Å². The molecule has 1 N–H and O–H groups in total. The Morgan fingerprint density at radius 1 is 1.29 bits per heavy atom. The SMILES string of the molecule is Cn1cncc1CCCc1cnc[nH]1. The molecule has 0 amide bonds. The summed E-state index contributed by atoms with van der Waals surface area (Å²) in [6.45, 7) is 0. The summed E-state index contributed by atoms with van der Waals surface area (Å²) in [5, 5.41) is 0. The average molecular weight is 190 g/mol. The Morgan fingerprint density at radius 3 is 2.86 bits per heavy atom. The standard InChI is InChI=1S/C10H14N4/c1-14-8-12-6-10(14)4-2-3-9-5-11-7-13-9/h5-8H,2-4H2,1H3,(H,11,13). The molecule has 2 aromatic heterocycles. The molecule has 0 aromatic carbocycles. The van der Waals surface area contributed by atoms with Gasteiger partial charge in [-0.05, 0) is 19.3 Å². The van der Waals surface area contributed by atoms with E-state index >= 15 is 0 Å². The number of nitrogens with zero attached hydrogens (tertiary/aromatic N) is 3. The first-order chi connectivity index (χ1) is 6.86. The molecule has 2 rings (SSSR count). The molecule has 14 heavy (non-hydrogen) atoms. The predicted molar refractivity (Wildman–Crippen MR) is 53.8 cm³/mol. The third-order valence-electron chi connectivity index (χ3n) is 2.35. The van der Waals surface area contributed by atoms with E-state index in [9.17, 15) is 0 Å². The van der Waals surface area contributed by atoms with E-state index < -0.39 is 0 Å². The lowest BCUT2D eigenvalue weighted by Gasteiger charge is -2.00. The van der Waals surface area contributed by atoms with Crippen LogP contribution in [0.3, 0.4) is 0 Å². The van der Waals surface area contributed by atoms with Gasteiger partial charge in [0.2, 0.25) is 0 Å². The van der Waals surface area contributed by atoms with Crippen LogP contribution in [0.4, 0.5) is 0 Å². The smallest absolute Gasteiger partial charge is 0.0945 e. The number of hydrogen-bond acceptors (Lipinski definition) is 2. The molecule has 0 atom stereocenters. The predicted octanol–water partition coefficient (Wildman–Crippen LogP) is 1.32. The fourth-order valence-electron chi connectivity index (χ4n) is 1.51. The fourth-order valence-corrected chi connectivity index (χ4v) is 1.51. The number of H-pyrrole nitrogens is 1. The maximum absolute atomic E-state index is 4.08. The largest absolute Gasteiger partial charge is 0.348 e. The summed E-state index contributed by atoms with van der Waals surface area (Å²) < 4.78 is 2.06. The fraction of sp³-hybridized carbons (Fsp3) is 0.400. The van der Waals surface area contributed by atoms with Crippen molar-refractivity contribution in [3.63, 3.8) is 0 Å². The number of aromatic nitrogens is 4. The molecule has 74 valence electrons. The second-order valence-electron chi connectivity index (χ2n) is 3.43. The highest BCUT2D eigenvalue weighted by Crippen LogP contribution is 2.04. The zero-order valence-electron chi connectivity index (χ0n) is 8.27. The Hall–Kier alpha value is -1.58. The molecule has 0 spiro atoms. The zero-order chi connectivity index (χ0) is 9.80. The Balaban J connectivity index is 1.81. The van der Waals surface area contributed by atoms with Crippen molar-refractivity contribution in [2.45, 2.75) is 19.3 Å². The maximum Gasteiger partial charge on any atom is 0.0945 e. The van der Waals surface area contributed by atoms with Gasteiger partial charge in [-0.25, -0.2) is 9.97 Å². The first-order valence-electron chi connectivity index (χ1n) is 4.78. The van der Waals surface area contributed by atoms with Crippen molar-refractivity contribution in [3.8, 4) is 0 Å². The molecule has 0 fully saturated rings. The van der Waals surface area contributed by atoms with E-state index in [2.05, 4.69) is 19.5 Å². The lowest BCUT2D eigenvalue weighted by atomic mass is 10.2. The number of imidazole rings is 2. The summed E-state index contributed by atoms with van der Waals surface area (Å²) in [4.78, 5) is 11.2. The highest BCUT2D eigenvalue weighted by molar-refractivity contribution is 5.00. The van der Waals surface area contributed by atoms with Gasteiger partial charge in [0.1, 0.15) is 0 Å². The molecule has 0 aliphatic rings. The molecule has 2 heterocycles. The van der Waals surface area contributed by atoms with Gasteiger partial charge in [0, 0.05) is 30.8 Å². The minimum Gasteiger partial charge on any atom is -0.348 e. The molecule has 4 heteroatoms. The summed E-state index contributed by atoms with van der Waals surface area (Å²) in [6, 6.07) is 0. The van der Waals surface area contributed by atoms with Gasteiger partial charge < -0.3 is 9.55 Å². The van der Waals surface area contributed by atoms with E-state index in [1.807, 2.05) is 25.8 Å². The highest BCUT2D eigenvalue weighted by atomic mass is 15.0. The summed E-state index contributed by atoms with van der Waals surface area (Å²) in [5.41, 5.74) is 2.48. The van der Waals surface area contributed by atoms with Crippen molar-refractivity contribution < 1.29 is 0 Å². The van der Waals surface area contributed by atoms with Gasteiger partial charge in [-0.15, -0.1) is 0 Å². The van der Waals surface area contributed by atoms with Crippen molar-refractivity contribution in [2.24, 2.45) is 7.05 Å². The molecule has 0 aliphatic carbocycles. The monoisotopic (exact) mass is 190 g/mol. The van der Waals surface area contributed by atoms with E-state index in [0.29, 0.717) is 0 Å². The van der Waals surface area contributed by atoms with Crippen LogP contribution in [-0.2, 0) is 19.9 Å². The van der Waals surface area contributed by atoms with E-state index in [4.69, 9.17) is 0 Å². The van der Waals surface area contributed by atoms with Crippen molar-refractivity contribution in [3.05, 3.63) is 36.4 Å². The van der Waals surface area contributed by atoms with Crippen molar-refractivity contribution >= 4 is 0 Å². The van der Waals surface area contributed by atoms with Gasteiger partial charge in [-0.1, -0.05) is 0 Å². The summed E-state index contributed by atoms with van der Waals surface area (Å²) in [6.07, 6.45) is 10.6. The van der Waals surface area contributed by atoms with Crippen molar-refractivity contribution in [1.29, 1.82) is 0 Å². The quantitative estimate of drug-likeness (QED) is 0.790. The summed E-state index contributed by atoms with van der Waals surface area (Å²) >= 11 is 0. The Kier molecular flexibility index (Phi) is 2.62. The molecule has 0 aliphatic heterocycles. The highest BCUT2D eigenvalue weighted by Gasteiger charge is 1.99. The maximum atomic E-state index is 4.08. The van der Waals surface area contributed by atoms with E-state index in [1.165, 1.54) is 11.4 Å². The molecule has 4 nitrogen and oxygen atoms in total. The molecular formula is C10H14N4. The molecule has 2 aromatic rings. The van der Waals surface area contributed by atoms with Gasteiger partial charge >= 0.3 is 0 Å². The van der Waals surface area contributed by atoms with Crippen LogP contribution in [0.25, 0.3) is 0 Å². The van der Waals surface area contributed by atoms with Crippen LogP contribution in [0.5, 0.6) is 0 Å². The zero-order valence-corrected chi connectivity index (χ0v) is 8.27. The first-order valence-corrected chi connectivity index (χ1v) is 4.78. The van der Waals surface area contributed by atoms with Gasteiger partial charge in [0.05, 0.1) is 12.7 Å². The lowest BCUT2D eigenvalue weighted by Crippen LogP contribution is -1.96. The number of hydrogen-bond donors (Lipinski definition) is 1. The number of nitrogens with one attached hydrogen (secondary N) is 1. The topological polar surface area (TPSA) is 46.5 Å². The van der Waals surface area contributed by atoms with Crippen molar-refractivity contribution in [2.75, 3.05) is 0 Å². The van der Waals surface area contributed by atoms with Crippen molar-refractivity contribution in [1.82, 2.24) is 19.5 Å². The Morgan fingerprint density at radius 2 is 2.21 bits per heavy atom. The Bertz CT molecular complexity index is 374. The Labute approximate surface area is 83.0 Å². The molecule has 0 radical (unpaired) electrons. The number of rotatable bonds is 4. The molecule has 0 bridgehead atoms. The van der Waals surface area contributed by atoms with Gasteiger partial charge in [-0.3, -0.25) is 0 Å². The average Bonchev–Trinajstić information content (AvgIpc) is 2.78. The molecule has 0 unspecified atom stereocenters. The van der Waals surface area contributed by atoms with Crippen LogP contribution in [0, 0.1) is 0 Å². The van der Waals surface area contributed by atoms with Gasteiger partial charge in [0.15, 0.2) is 0 Å². The van der Waals surface area contributed by atoms with Gasteiger partial charge in [0.25, 0.3) is 0 Å². The first kappa shape index (κ1) is 8.99. The number of aromatic amines is 1.